The van der Waals surface area contributed by atoms with Gasteiger partial charge < -0.3 is 19.2 Å². The van der Waals surface area contributed by atoms with Crippen LogP contribution in [0.25, 0.3) is 21.2 Å². The number of nitrogens with zero attached hydrogens (tertiary/aromatic N) is 4. The predicted octanol–water partition coefficient (Wildman–Crippen LogP) is 3.51. The molecule has 1 fully saturated rings. The lowest BCUT2D eigenvalue weighted by Gasteiger charge is -2.35. The Labute approximate surface area is 184 Å². The molecule has 0 saturated carbocycles. The normalized spacial score (nSPS) is 16.0. The molecule has 3 aromatic heterocycles. The molecule has 0 radical (unpaired) electrons. The number of rotatable bonds is 7. The summed E-state index contributed by atoms with van der Waals surface area (Å²) >= 11 is 1.67. The van der Waals surface area contributed by atoms with Crippen LogP contribution in [-0.2, 0) is 0 Å². The Morgan fingerprint density at radius 1 is 1.10 bits per heavy atom. The summed E-state index contributed by atoms with van der Waals surface area (Å²) in [7, 11) is 0. The van der Waals surface area contributed by atoms with E-state index >= 15 is 0 Å². The standard InChI is InChI=1S/C23H24N4O3S/c28-18(12-26-7-9-27(10-8-26)23-24-5-2-6-25-23)13-30-19-4-1-3-17(11-19)21-16-31-22-15-29-14-20(21)22/h1-6,11,14-16,18,28H,7-10,12-13H2/t18-/m1/s1. The Morgan fingerprint density at radius 2 is 1.94 bits per heavy atom. The first-order valence-corrected chi connectivity index (χ1v) is 11.2. The molecule has 1 atom stereocenters. The molecular weight excluding hydrogens is 412 g/mol. The van der Waals surface area contributed by atoms with E-state index in [1.807, 2.05) is 24.3 Å². The molecule has 5 rings (SSSR count). The Kier molecular flexibility index (Phi) is 5.84. The molecule has 160 valence electrons. The Balaban J connectivity index is 1.13. The molecule has 1 aromatic carbocycles. The Morgan fingerprint density at radius 3 is 2.77 bits per heavy atom. The van der Waals surface area contributed by atoms with Gasteiger partial charge in [-0.2, -0.15) is 0 Å². The molecule has 0 amide bonds. The van der Waals surface area contributed by atoms with Crippen molar-refractivity contribution < 1.29 is 14.3 Å². The SMILES string of the molecule is O[C@@H](COc1cccc(-c2csc3cocc23)c1)CN1CCN(c2ncccn2)CC1. The first kappa shape index (κ1) is 20.0. The van der Waals surface area contributed by atoms with Gasteiger partial charge in [0.1, 0.15) is 24.7 Å². The molecule has 1 saturated heterocycles. The van der Waals surface area contributed by atoms with E-state index in [2.05, 4.69) is 31.2 Å². The van der Waals surface area contributed by atoms with Crippen molar-refractivity contribution in [2.24, 2.45) is 0 Å². The van der Waals surface area contributed by atoms with Crippen molar-refractivity contribution in [2.45, 2.75) is 6.10 Å². The minimum absolute atomic E-state index is 0.260. The van der Waals surface area contributed by atoms with Crippen molar-refractivity contribution in [3.63, 3.8) is 0 Å². The van der Waals surface area contributed by atoms with Gasteiger partial charge in [0.25, 0.3) is 0 Å². The second-order valence-electron chi connectivity index (χ2n) is 7.63. The summed E-state index contributed by atoms with van der Waals surface area (Å²) in [6.45, 7) is 4.28. The first-order valence-electron chi connectivity index (χ1n) is 10.4. The predicted molar refractivity (Wildman–Crippen MR) is 122 cm³/mol. The maximum Gasteiger partial charge on any atom is 0.225 e. The number of piperazine rings is 1. The maximum atomic E-state index is 10.5. The number of furan rings is 1. The van der Waals surface area contributed by atoms with E-state index in [4.69, 9.17) is 9.15 Å². The van der Waals surface area contributed by atoms with Crippen molar-refractivity contribution in [1.29, 1.82) is 0 Å². The molecule has 1 N–H and O–H groups in total. The zero-order valence-electron chi connectivity index (χ0n) is 17.1. The summed E-state index contributed by atoms with van der Waals surface area (Å²) in [5.41, 5.74) is 2.22. The van der Waals surface area contributed by atoms with E-state index in [1.54, 1.807) is 36.3 Å². The lowest BCUT2D eigenvalue weighted by atomic mass is 10.1. The second kappa shape index (κ2) is 9.05. The van der Waals surface area contributed by atoms with Gasteiger partial charge >= 0.3 is 0 Å². The monoisotopic (exact) mass is 436 g/mol. The molecule has 0 unspecified atom stereocenters. The Bertz CT molecular complexity index is 1120. The van der Waals surface area contributed by atoms with Crippen molar-refractivity contribution in [1.82, 2.24) is 14.9 Å². The Hall–Kier alpha value is -2.94. The minimum atomic E-state index is -0.551. The lowest BCUT2D eigenvalue weighted by molar-refractivity contribution is 0.0662. The number of fused-ring (bicyclic) bond motifs is 1. The molecule has 0 spiro atoms. The number of benzene rings is 1. The summed E-state index contributed by atoms with van der Waals surface area (Å²) in [6, 6.07) is 9.80. The zero-order chi connectivity index (χ0) is 21.0. The fourth-order valence-corrected chi connectivity index (χ4v) is 4.77. The highest BCUT2D eigenvalue weighted by Gasteiger charge is 2.21. The third-order valence-corrected chi connectivity index (χ3v) is 6.41. The third-order valence-electron chi connectivity index (χ3n) is 5.48. The molecule has 0 aliphatic carbocycles. The van der Waals surface area contributed by atoms with Gasteiger partial charge in [0, 0.05) is 61.4 Å². The minimum Gasteiger partial charge on any atom is -0.491 e. The smallest absolute Gasteiger partial charge is 0.225 e. The number of hydrogen-bond acceptors (Lipinski definition) is 8. The van der Waals surface area contributed by atoms with E-state index in [-0.39, 0.29) is 6.61 Å². The highest BCUT2D eigenvalue weighted by Crippen LogP contribution is 2.35. The van der Waals surface area contributed by atoms with Gasteiger partial charge in [-0.05, 0) is 23.8 Å². The van der Waals surface area contributed by atoms with E-state index in [0.29, 0.717) is 6.54 Å². The molecular formula is C23H24N4O3S. The van der Waals surface area contributed by atoms with E-state index in [0.717, 1.165) is 59.1 Å². The van der Waals surface area contributed by atoms with Gasteiger partial charge in [0.15, 0.2) is 0 Å². The highest BCUT2D eigenvalue weighted by molar-refractivity contribution is 7.17. The molecule has 7 nitrogen and oxygen atoms in total. The van der Waals surface area contributed by atoms with Gasteiger partial charge in [-0.1, -0.05) is 12.1 Å². The number of aliphatic hydroxyl groups excluding tert-OH is 1. The quantitative estimate of drug-likeness (QED) is 0.475. The van der Waals surface area contributed by atoms with Crippen LogP contribution in [0, 0.1) is 0 Å². The summed E-state index contributed by atoms with van der Waals surface area (Å²) in [5, 5.41) is 13.7. The van der Waals surface area contributed by atoms with Gasteiger partial charge in [-0.3, -0.25) is 4.90 Å². The van der Waals surface area contributed by atoms with Gasteiger partial charge in [-0.25, -0.2) is 9.97 Å². The van der Waals surface area contributed by atoms with Crippen LogP contribution in [0.1, 0.15) is 0 Å². The fraction of sp³-hybridized carbons (Fsp3) is 0.304. The molecule has 1 aliphatic heterocycles. The van der Waals surface area contributed by atoms with Crippen LogP contribution in [0.5, 0.6) is 5.75 Å². The highest BCUT2D eigenvalue weighted by atomic mass is 32.1. The molecule has 4 heterocycles. The molecule has 1 aliphatic rings. The summed E-state index contributed by atoms with van der Waals surface area (Å²) < 4.78 is 12.4. The van der Waals surface area contributed by atoms with Crippen molar-refractivity contribution in [3.8, 4) is 16.9 Å². The topological polar surface area (TPSA) is 74.9 Å². The summed E-state index contributed by atoms with van der Waals surface area (Å²) in [5.74, 6) is 1.52. The van der Waals surface area contributed by atoms with E-state index < -0.39 is 6.10 Å². The van der Waals surface area contributed by atoms with Crippen molar-refractivity contribution in [3.05, 3.63) is 60.6 Å². The average Bonchev–Trinajstić information content (AvgIpc) is 3.43. The third kappa shape index (κ3) is 4.56. The van der Waals surface area contributed by atoms with Gasteiger partial charge in [0.05, 0.1) is 11.0 Å². The van der Waals surface area contributed by atoms with Crippen LogP contribution in [0.15, 0.2) is 65.0 Å². The van der Waals surface area contributed by atoms with Crippen LogP contribution in [0.2, 0.25) is 0 Å². The number of hydrogen-bond donors (Lipinski definition) is 1. The first-order chi connectivity index (χ1) is 15.3. The maximum absolute atomic E-state index is 10.5. The molecule has 31 heavy (non-hydrogen) atoms. The van der Waals surface area contributed by atoms with Gasteiger partial charge in [-0.15, -0.1) is 11.3 Å². The largest absolute Gasteiger partial charge is 0.491 e. The number of β-amino-alcohol motifs (C(OH)–C–C–N with tert-alkyl or cyclic N) is 1. The average molecular weight is 437 g/mol. The summed E-state index contributed by atoms with van der Waals surface area (Å²) in [6.07, 6.45) is 6.53. The molecule has 4 aromatic rings. The van der Waals surface area contributed by atoms with Crippen molar-refractivity contribution >= 4 is 27.4 Å². The van der Waals surface area contributed by atoms with Crippen molar-refractivity contribution in [2.75, 3.05) is 44.2 Å². The molecule has 0 bridgehead atoms. The van der Waals surface area contributed by atoms with Crippen LogP contribution in [0.4, 0.5) is 5.95 Å². The van der Waals surface area contributed by atoms with E-state index in [9.17, 15) is 5.11 Å². The summed E-state index contributed by atoms with van der Waals surface area (Å²) in [4.78, 5) is 13.1. The number of thiophene rings is 1. The number of aromatic nitrogens is 2. The van der Waals surface area contributed by atoms with Gasteiger partial charge in [0.2, 0.25) is 5.95 Å². The lowest BCUT2D eigenvalue weighted by Crippen LogP contribution is -2.49. The van der Waals surface area contributed by atoms with E-state index in [1.165, 1.54) is 0 Å². The number of ether oxygens (including phenoxy) is 1. The fourth-order valence-electron chi connectivity index (χ4n) is 3.86. The number of anilines is 1. The van der Waals surface area contributed by atoms with Crippen LogP contribution in [0.3, 0.4) is 0 Å². The van der Waals surface area contributed by atoms with Crippen LogP contribution < -0.4 is 9.64 Å². The molecule has 8 heteroatoms. The number of aliphatic hydroxyl groups is 1. The zero-order valence-corrected chi connectivity index (χ0v) is 17.9. The second-order valence-corrected chi connectivity index (χ2v) is 8.54. The van der Waals surface area contributed by atoms with Crippen LogP contribution >= 0.6 is 11.3 Å². The van der Waals surface area contributed by atoms with Crippen LogP contribution in [-0.4, -0.2) is 65.4 Å².